The van der Waals surface area contributed by atoms with Crippen LogP contribution in [-0.4, -0.2) is 32.7 Å². The minimum absolute atomic E-state index is 0.504. The van der Waals surface area contributed by atoms with E-state index in [4.69, 9.17) is 17.2 Å². The Morgan fingerprint density at radius 2 is 1.94 bits per heavy atom. The molecule has 0 spiro atoms. The SMILES string of the molecule is S=C(NCc1cccc2ccccc12)N1CCC(c2nccn2CCc2ccsc2)CC1. The molecule has 164 valence electrons. The van der Waals surface area contributed by atoms with E-state index >= 15 is 0 Å². The lowest BCUT2D eigenvalue weighted by molar-refractivity contribution is 0.299. The molecule has 0 radical (unpaired) electrons. The van der Waals surface area contributed by atoms with Crippen molar-refractivity contribution in [1.29, 1.82) is 0 Å². The monoisotopic (exact) mass is 460 g/mol. The van der Waals surface area contributed by atoms with Crippen molar-refractivity contribution in [2.45, 2.75) is 38.3 Å². The minimum atomic E-state index is 0.504. The highest BCUT2D eigenvalue weighted by molar-refractivity contribution is 7.80. The highest BCUT2D eigenvalue weighted by Gasteiger charge is 2.25. The van der Waals surface area contributed by atoms with E-state index in [9.17, 15) is 0 Å². The van der Waals surface area contributed by atoms with E-state index in [1.807, 2.05) is 6.20 Å². The number of nitrogens with one attached hydrogen (secondary N) is 1. The third-order valence-corrected chi connectivity index (χ3v) is 7.56. The Morgan fingerprint density at radius 1 is 1.09 bits per heavy atom. The second-order valence-corrected chi connectivity index (χ2v) is 9.59. The zero-order valence-electron chi connectivity index (χ0n) is 18.1. The number of fused-ring (bicyclic) bond motifs is 1. The first-order valence-electron chi connectivity index (χ1n) is 11.3. The summed E-state index contributed by atoms with van der Waals surface area (Å²) in [5.41, 5.74) is 2.69. The summed E-state index contributed by atoms with van der Waals surface area (Å²) in [5.74, 6) is 1.74. The molecule has 6 heteroatoms. The van der Waals surface area contributed by atoms with Crippen LogP contribution in [0.2, 0.25) is 0 Å². The smallest absolute Gasteiger partial charge is 0.169 e. The second-order valence-electron chi connectivity index (χ2n) is 8.42. The Bertz CT molecular complexity index is 1170. The van der Waals surface area contributed by atoms with Gasteiger partial charge in [-0.1, -0.05) is 42.5 Å². The summed E-state index contributed by atoms with van der Waals surface area (Å²) in [5, 5.41) is 11.3. The van der Waals surface area contributed by atoms with E-state index in [1.165, 1.54) is 27.7 Å². The van der Waals surface area contributed by atoms with Crippen molar-refractivity contribution in [3.05, 3.63) is 88.6 Å². The summed E-state index contributed by atoms with van der Waals surface area (Å²) in [7, 11) is 0. The molecule has 0 amide bonds. The molecule has 0 atom stereocenters. The van der Waals surface area contributed by atoms with Crippen LogP contribution in [0, 0.1) is 0 Å². The Hall–Kier alpha value is -2.70. The summed E-state index contributed by atoms with van der Waals surface area (Å²) in [6.45, 7) is 3.71. The highest BCUT2D eigenvalue weighted by atomic mass is 32.1. The van der Waals surface area contributed by atoms with Gasteiger partial charge in [0.25, 0.3) is 0 Å². The molecule has 1 fully saturated rings. The van der Waals surface area contributed by atoms with Gasteiger partial charge in [0.05, 0.1) is 0 Å². The van der Waals surface area contributed by atoms with Crippen molar-refractivity contribution >= 4 is 39.4 Å². The number of nitrogens with zero attached hydrogens (tertiary/aromatic N) is 3. The highest BCUT2D eigenvalue weighted by Crippen LogP contribution is 2.27. The van der Waals surface area contributed by atoms with E-state index < -0.39 is 0 Å². The van der Waals surface area contributed by atoms with Gasteiger partial charge in [0.15, 0.2) is 5.11 Å². The number of likely N-dealkylation sites (tertiary alicyclic amines) is 1. The summed E-state index contributed by atoms with van der Waals surface area (Å²) >= 11 is 7.51. The first kappa shape index (κ1) is 21.2. The first-order chi connectivity index (χ1) is 15.8. The normalized spacial score (nSPS) is 14.7. The van der Waals surface area contributed by atoms with Gasteiger partial charge in [-0.2, -0.15) is 11.3 Å². The van der Waals surface area contributed by atoms with E-state index in [0.717, 1.165) is 50.6 Å². The number of thiophene rings is 1. The quantitative estimate of drug-likeness (QED) is 0.380. The van der Waals surface area contributed by atoms with E-state index in [2.05, 4.69) is 80.3 Å². The van der Waals surface area contributed by atoms with Crippen LogP contribution in [0.5, 0.6) is 0 Å². The van der Waals surface area contributed by atoms with Crippen molar-refractivity contribution in [2.75, 3.05) is 13.1 Å². The Morgan fingerprint density at radius 3 is 2.78 bits per heavy atom. The number of benzene rings is 2. The predicted octanol–water partition coefficient (Wildman–Crippen LogP) is 5.59. The van der Waals surface area contributed by atoms with Crippen LogP contribution in [0.3, 0.4) is 0 Å². The fourth-order valence-corrected chi connectivity index (χ4v) is 5.58. The molecule has 1 aliphatic rings. The Balaban J connectivity index is 1.15. The van der Waals surface area contributed by atoms with E-state index in [-0.39, 0.29) is 0 Å². The van der Waals surface area contributed by atoms with Crippen molar-refractivity contribution < 1.29 is 0 Å². The lowest BCUT2D eigenvalue weighted by atomic mass is 9.96. The summed E-state index contributed by atoms with van der Waals surface area (Å²) in [6.07, 6.45) is 7.32. The lowest BCUT2D eigenvalue weighted by Gasteiger charge is -2.34. The first-order valence-corrected chi connectivity index (χ1v) is 12.6. The molecule has 2 aromatic carbocycles. The molecule has 1 N–H and O–H groups in total. The topological polar surface area (TPSA) is 33.1 Å². The fourth-order valence-electron chi connectivity index (χ4n) is 4.62. The van der Waals surface area contributed by atoms with E-state index in [1.54, 1.807) is 11.3 Å². The van der Waals surface area contributed by atoms with Crippen LogP contribution in [0.25, 0.3) is 10.8 Å². The molecule has 1 aliphatic heterocycles. The number of imidazole rings is 1. The molecule has 3 heterocycles. The van der Waals surface area contributed by atoms with Crippen LogP contribution >= 0.6 is 23.6 Å². The van der Waals surface area contributed by atoms with Gasteiger partial charge in [-0.25, -0.2) is 4.98 Å². The molecule has 0 aliphatic carbocycles. The average Bonchev–Trinajstić information content (AvgIpc) is 3.53. The van der Waals surface area contributed by atoms with Gasteiger partial charge in [0, 0.05) is 44.5 Å². The molecular formula is C26H28N4S2. The van der Waals surface area contributed by atoms with Crippen LogP contribution in [0.15, 0.2) is 71.7 Å². The molecule has 2 aromatic heterocycles. The summed E-state index contributed by atoms with van der Waals surface area (Å²) < 4.78 is 2.34. The predicted molar refractivity (Wildman–Crippen MR) is 137 cm³/mol. The Labute approximate surface area is 198 Å². The van der Waals surface area contributed by atoms with Gasteiger partial charge in [0.2, 0.25) is 0 Å². The Kier molecular flexibility index (Phi) is 6.51. The van der Waals surface area contributed by atoms with Gasteiger partial charge in [-0.15, -0.1) is 0 Å². The summed E-state index contributed by atoms with van der Waals surface area (Å²) in [4.78, 5) is 7.03. The number of aryl methyl sites for hydroxylation is 2. The third kappa shape index (κ3) is 4.71. The number of aromatic nitrogens is 2. The molecule has 5 rings (SSSR count). The van der Waals surface area contributed by atoms with Crippen LogP contribution in [0.4, 0.5) is 0 Å². The minimum Gasteiger partial charge on any atom is -0.358 e. The van der Waals surface area contributed by atoms with Crippen molar-refractivity contribution in [1.82, 2.24) is 19.8 Å². The van der Waals surface area contributed by atoms with Gasteiger partial charge >= 0.3 is 0 Å². The zero-order valence-corrected chi connectivity index (χ0v) is 19.7. The molecular weight excluding hydrogens is 432 g/mol. The molecule has 4 nitrogen and oxygen atoms in total. The van der Waals surface area contributed by atoms with Crippen LogP contribution in [-0.2, 0) is 19.5 Å². The molecule has 0 saturated carbocycles. The van der Waals surface area contributed by atoms with Gasteiger partial charge in [0.1, 0.15) is 5.82 Å². The largest absolute Gasteiger partial charge is 0.358 e. The summed E-state index contributed by atoms with van der Waals surface area (Å²) in [6, 6.07) is 17.2. The van der Waals surface area contributed by atoms with Crippen LogP contribution < -0.4 is 5.32 Å². The van der Waals surface area contributed by atoms with Crippen molar-refractivity contribution in [3.8, 4) is 0 Å². The third-order valence-electron chi connectivity index (χ3n) is 6.43. The number of thiocarbonyl (C=S) groups is 1. The maximum Gasteiger partial charge on any atom is 0.169 e. The van der Waals surface area contributed by atoms with E-state index in [0.29, 0.717) is 5.92 Å². The fraction of sp³-hybridized carbons (Fsp3) is 0.308. The van der Waals surface area contributed by atoms with Gasteiger partial charge < -0.3 is 14.8 Å². The molecule has 4 aromatic rings. The molecule has 0 bridgehead atoms. The zero-order chi connectivity index (χ0) is 21.8. The average molecular weight is 461 g/mol. The van der Waals surface area contributed by atoms with Gasteiger partial charge in [-0.3, -0.25) is 0 Å². The van der Waals surface area contributed by atoms with Crippen molar-refractivity contribution in [3.63, 3.8) is 0 Å². The number of hydrogen-bond acceptors (Lipinski definition) is 3. The van der Waals surface area contributed by atoms with Crippen molar-refractivity contribution in [2.24, 2.45) is 0 Å². The molecule has 1 saturated heterocycles. The van der Waals surface area contributed by atoms with Gasteiger partial charge in [-0.05, 0) is 70.2 Å². The van der Waals surface area contributed by atoms with Crippen LogP contribution in [0.1, 0.15) is 35.7 Å². The number of hydrogen-bond donors (Lipinski definition) is 1. The standard InChI is InChI=1S/C26H28N4S2/c31-26(28-18-23-6-3-5-21-4-1-2-7-24(21)23)30-14-9-22(10-15-30)25-27-12-16-29(25)13-8-20-11-17-32-19-20/h1-7,11-12,16-17,19,22H,8-10,13-15,18H2,(H,28,31). The second kappa shape index (κ2) is 9.84. The molecule has 32 heavy (non-hydrogen) atoms. The molecule has 0 unspecified atom stereocenters. The number of piperidine rings is 1. The maximum atomic E-state index is 5.74. The number of rotatable bonds is 6. The maximum absolute atomic E-state index is 5.74. The lowest BCUT2D eigenvalue weighted by Crippen LogP contribution is -2.43.